The van der Waals surface area contributed by atoms with Gasteiger partial charge in [-0.15, -0.1) is 0 Å². The van der Waals surface area contributed by atoms with Crippen LogP contribution in [-0.4, -0.2) is 34.3 Å². The maximum Gasteiger partial charge on any atom is 0.323 e. The summed E-state index contributed by atoms with van der Waals surface area (Å²) in [4.78, 5) is 20.7. The second kappa shape index (κ2) is 4.85. The fourth-order valence-corrected chi connectivity index (χ4v) is 2.67. The molecular weight excluding hydrogens is 296 g/mol. The van der Waals surface area contributed by atoms with Crippen LogP contribution in [0.2, 0.25) is 0 Å². The number of nitrogens with zero attached hydrogens (tertiary/aromatic N) is 2. The molecule has 0 saturated heterocycles. The summed E-state index contributed by atoms with van der Waals surface area (Å²) in [7, 11) is -3.23. The third kappa shape index (κ3) is 2.59. The second-order valence-electron chi connectivity index (χ2n) is 4.50. The molecule has 8 nitrogen and oxygen atoms in total. The van der Waals surface area contributed by atoms with E-state index in [-0.39, 0.29) is 28.9 Å². The van der Waals surface area contributed by atoms with Gasteiger partial charge in [0.05, 0.1) is 16.6 Å². The van der Waals surface area contributed by atoms with Crippen LogP contribution in [0.1, 0.15) is 12.7 Å². The molecular formula is C12H12N4O4S. The Bertz CT molecular complexity index is 951. The number of hydrogen-bond acceptors (Lipinski definition) is 6. The van der Waals surface area contributed by atoms with Gasteiger partial charge in [-0.25, -0.2) is 13.2 Å². The molecule has 0 aliphatic heterocycles. The Morgan fingerprint density at radius 1 is 1.29 bits per heavy atom. The van der Waals surface area contributed by atoms with Crippen LogP contribution in [0.25, 0.3) is 22.5 Å². The average Bonchev–Trinajstić information content (AvgIpc) is 3.03. The average molecular weight is 308 g/mol. The first kappa shape index (κ1) is 13.6. The van der Waals surface area contributed by atoms with Crippen molar-refractivity contribution in [2.24, 2.45) is 0 Å². The standard InChI is InChI=1S/C12H12N4O4S/c1-2-21(18,19)6-9-14-11(20-16-9)7-4-3-5-8-10(7)15-12(17)13-8/h3-5H,2,6H2,1H3,(H2,13,15,17). The maximum absolute atomic E-state index is 11.6. The highest BCUT2D eigenvalue weighted by Gasteiger charge is 2.17. The summed E-state index contributed by atoms with van der Waals surface area (Å²) >= 11 is 0. The van der Waals surface area contributed by atoms with Gasteiger partial charge in [0.25, 0.3) is 5.89 Å². The van der Waals surface area contributed by atoms with Gasteiger partial charge in [-0.2, -0.15) is 4.98 Å². The molecule has 9 heteroatoms. The van der Waals surface area contributed by atoms with Crippen molar-refractivity contribution in [2.75, 3.05) is 5.75 Å². The summed E-state index contributed by atoms with van der Waals surface area (Å²) in [5.41, 5.74) is 1.35. The lowest BCUT2D eigenvalue weighted by molar-refractivity contribution is 0.425. The molecule has 2 N–H and O–H groups in total. The highest BCUT2D eigenvalue weighted by Crippen LogP contribution is 2.24. The van der Waals surface area contributed by atoms with E-state index in [4.69, 9.17) is 4.52 Å². The van der Waals surface area contributed by atoms with Crippen molar-refractivity contribution >= 4 is 20.9 Å². The Kier molecular flexibility index (Phi) is 3.13. The molecule has 0 spiro atoms. The topological polar surface area (TPSA) is 122 Å². The number of aromatic nitrogens is 4. The minimum Gasteiger partial charge on any atom is -0.334 e. The predicted molar refractivity (Wildman–Crippen MR) is 75.4 cm³/mol. The van der Waals surface area contributed by atoms with Crippen LogP contribution < -0.4 is 5.69 Å². The maximum atomic E-state index is 11.6. The Balaban J connectivity index is 2.04. The molecule has 0 aliphatic carbocycles. The first-order valence-electron chi connectivity index (χ1n) is 6.23. The van der Waals surface area contributed by atoms with Crippen LogP contribution in [0.15, 0.2) is 27.5 Å². The molecule has 0 unspecified atom stereocenters. The summed E-state index contributed by atoms with van der Waals surface area (Å²) in [6.45, 7) is 1.56. The van der Waals surface area contributed by atoms with Gasteiger partial charge in [-0.3, -0.25) is 0 Å². The van der Waals surface area contributed by atoms with Gasteiger partial charge < -0.3 is 14.5 Å². The zero-order valence-corrected chi connectivity index (χ0v) is 11.9. The fraction of sp³-hybridized carbons (Fsp3) is 0.250. The first-order chi connectivity index (χ1) is 9.98. The Hall–Kier alpha value is -2.42. The van der Waals surface area contributed by atoms with E-state index in [1.165, 1.54) is 0 Å². The van der Waals surface area contributed by atoms with Gasteiger partial charge in [-0.05, 0) is 12.1 Å². The van der Waals surface area contributed by atoms with E-state index in [1.807, 2.05) is 0 Å². The monoisotopic (exact) mass is 308 g/mol. The van der Waals surface area contributed by atoms with Gasteiger partial charge in [0, 0.05) is 5.75 Å². The molecule has 2 heterocycles. The van der Waals surface area contributed by atoms with E-state index in [9.17, 15) is 13.2 Å². The Morgan fingerprint density at radius 2 is 2.10 bits per heavy atom. The van der Waals surface area contributed by atoms with E-state index < -0.39 is 9.84 Å². The van der Waals surface area contributed by atoms with Gasteiger partial charge >= 0.3 is 5.69 Å². The number of H-pyrrole nitrogens is 2. The van der Waals surface area contributed by atoms with Crippen LogP contribution in [0.4, 0.5) is 0 Å². The van der Waals surface area contributed by atoms with Crippen molar-refractivity contribution in [1.29, 1.82) is 0 Å². The van der Waals surface area contributed by atoms with Crippen LogP contribution in [-0.2, 0) is 15.6 Å². The molecule has 110 valence electrons. The number of imidazole rings is 1. The number of aromatic amines is 2. The first-order valence-corrected chi connectivity index (χ1v) is 8.05. The molecule has 1 aromatic carbocycles. The summed E-state index contributed by atoms with van der Waals surface area (Å²) in [6.07, 6.45) is 0. The molecule has 3 aromatic rings. The van der Waals surface area contributed by atoms with Crippen LogP contribution in [0, 0.1) is 0 Å². The van der Waals surface area contributed by atoms with Crippen molar-refractivity contribution in [1.82, 2.24) is 20.1 Å². The number of nitrogens with one attached hydrogen (secondary N) is 2. The van der Waals surface area contributed by atoms with Gasteiger partial charge in [0.15, 0.2) is 15.7 Å². The number of rotatable bonds is 4. The van der Waals surface area contributed by atoms with Crippen LogP contribution in [0.3, 0.4) is 0 Å². The second-order valence-corrected chi connectivity index (χ2v) is 6.85. The summed E-state index contributed by atoms with van der Waals surface area (Å²) in [5, 5.41) is 3.67. The number of benzene rings is 1. The molecule has 3 rings (SSSR count). The van der Waals surface area contributed by atoms with Gasteiger partial charge in [0.1, 0.15) is 5.75 Å². The number of fused-ring (bicyclic) bond motifs is 1. The molecule has 0 saturated carbocycles. The Labute approximate surface area is 119 Å². The molecule has 0 radical (unpaired) electrons. The summed E-state index contributed by atoms with van der Waals surface area (Å²) in [5.74, 6) is 0.00316. The largest absolute Gasteiger partial charge is 0.334 e. The van der Waals surface area contributed by atoms with Gasteiger partial charge in [-0.1, -0.05) is 18.1 Å². The van der Waals surface area contributed by atoms with Crippen molar-refractivity contribution in [3.05, 3.63) is 34.5 Å². The molecule has 0 amide bonds. The third-order valence-electron chi connectivity index (χ3n) is 3.04. The minimum absolute atomic E-state index is 0.0115. The van der Waals surface area contributed by atoms with Crippen LogP contribution in [0.5, 0.6) is 0 Å². The Morgan fingerprint density at radius 3 is 2.86 bits per heavy atom. The number of sulfone groups is 1. The SMILES string of the molecule is CCS(=O)(=O)Cc1noc(-c2cccc3[nH]c(=O)[nH]c23)n1. The lowest BCUT2D eigenvalue weighted by Crippen LogP contribution is -2.07. The van der Waals surface area contributed by atoms with E-state index in [1.54, 1.807) is 25.1 Å². The fourth-order valence-electron chi connectivity index (χ4n) is 1.96. The molecule has 0 aliphatic rings. The van der Waals surface area contributed by atoms with E-state index >= 15 is 0 Å². The predicted octanol–water partition coefficient (Wildman–Crippen LogP) is 0.841. The zero-order valence-electron chi connectivity index (χ0n) is 11.1. The molecule has 21 heavy (non-hydrogen) atoms. The minimum atomic E-state index is -3.23. The zero-order chi connectivity index (χ0) is 15.0. The van der Waals surface area contributed by atoms with Crippen LogP contribution >= 0.6 is 0 Å². The summed E-state index contributed by atoms with van der Waals surface area (Å²) in [6, 6.07) is 5.17. The number of para-hydroxylation sites is 1. The number of hydrogen-bond donors (Lipinski definition) is 2. The normalized spacial score (nSPS) is 12.0. The van der Waals surface area contributed by atoms with Crippen molar-refractivity contribution < 1.29 is 12.9 Å². The van der Waals surface area contributed by atoms with Gasteiger partial charge in [0.2, 0.25) is 0 Å². The van der Waals surface area contributed by atoms with Crippen molar-refractivity contribution in [3.63, 3.8) is 0 Å². The van der Waals surface area contributed by atoms with E-state index in [0.29, 0.717) is 16.6 Å². The highest BCUT2D eigenvalue weighted by molar-refractivity contribution is 7.90. The molecule has 0 atom stereocenters. The third-order valence-corrected chi connectivity index (χ3v) is 4.62. The lowest BCUT2D eigenvalue weighted by atomic mass is 10.2. The molecule has 0 bridgehead atoms. The van der Waals surface area contributed by atoms with Crippen molar-refractivity contribution in [3.8, 4) is 11.5 Å². The molecule has 2 aromatic heterocycles. The molecule has 0 fully saturated rings. The van der Waals surface area contributed by atoms with E-state index in [0.717, 1.165) is 0 Å². The summed E-state index contributed by atoms with van der Waals surface area (Å²) < 4.78 is 28.2. The quantitative estimate of drug-likeness (QED) is 0.736. The van der Waals surface area contributed by atoms with Crippen molar-refractivity contribution in [2.45, 2.75) is 12.7 Å². The van der Waals surface area contributed by atoms with E-state index in [2.05, 4.69) is 20.1 Å². The lowest BCUT2D eigenvalue weighted by Gasteiger charge is -1.96. The smallest absolute Gasteiger partial charge is 0.323 e. The highest BCUT2D eigenvalue weighted by atomic mass is 32.2.